The quantitative estimate of drug-likeness (QED) is 0.803. The summed E-state index contributed by atoms with van der Waals surface area (Å²) in [4.78, 5) is 25.6. The van der Waals surface area contributed by atoms with Crippen molar-refractivity contribution in [3.8, 4) is 0 Å². The van der Waals surface area contributed by atoms with Gasteiger partial charge in [0, 0.05) is 32.0 Å². The first kappa shape index (κ1) is 15.3. The lowest BCUT2D eigenvalue weighted by atomic mass is 9.79. The highest BCUT2D eigenvalue weighted by Crippen LogP contribution is 2.32. The molecule has 0 bridgehead atoms. The molecule has 1 saturated carbocycles. The molecule has 1 aliphatic heterocycles. The molecular weight excluding hydrogens is 254 g/mol. The standard InChI is InChI=1S/C15H27N3O2/c1-11(19)17-14-6-8-18(10-14)15(20)13-4-2-3-12(9-13)5-7-16/h12-14H,2-10,16H2,1H3,(H,17,19). The van der Waals surface area contributed by atoms with Crippen molar-refractivity contribution in [1.82, 2.24) is 10.2 Å². The van der Waals surface area contributed by atoms with Crippen LogP contribution in [0.4, 0.5) is 0 Å². The number of nitrogens with zero attached hydrogens (tertiary/aromatic N) is 1. The molecule has 5 nitrogen and oxygen atoms in total. The maximum Gasteiger partial charge on any atom is 0.225 e. The average molecular weight is 281 g/mol. The van der Waals surface area contributed by atoms with E-state index in [2.05, 4.69) is 5.32 Å². The van der Waals surface area contributed by atoms with Crippen molar-refractivity contribution >= 4 is 11.8 Å². The molecule has 5 heteroatoms. The van der Waals surface area contributed by atoms with Gasteiger partial charge in [-0.1, -0.05) is 12.8 Å². The summed E-state index contributed by atoms with van der Waals surface area (Å²) in [6.45, 7) is 3.71. The number of nitrogens with two attached hydrogens (primary N) is 1. The Hall–Kier alpha value is -1.10. The normalized spacial score (nSPS) is 30.3. The first-order valence-electron chi connectivity index (χ1n) is 7.86. The van der Waals surface area contributed by atoms with Gasteiger partial charge < -0.3 is 16.0 Å². The lowest BCUT2D eigenvalue weighted by Crippen LogP contribution is -2.40. The molecule has 2 aliphatic rings. The third kappa shape index (κ3) is 3.95. The second-order valence-corrected chi connectivity index (χ2v) is 6.28. The molecule has 2 rings (SSSR count). The van der Waals surface area contributed by atoms with E-state index in [1.165, 1.54) is 13.3 Å². The summed E-state index contributed by atoms with van der Waals surface area (Å²) in [5.74, 6) is 1.08. The Bertz CT molecular complexity index is 357. The molecule has 3 N–H and O–H groups in total. The Morgan fingerprint density at radius 1 is 1.30 bits per heavy atom. The first-order chi connectivity index (χ1) is 9.60. The van der Waals surface area contributed by atoms with Crippen LogP contribution in [0.25, 0.3) is 0 Å². The third-order valence-corrected chi connectivity index (χ3v) is 4.61. The molecule has 3 atom stereocenters. The number of likely N-dealkylation sites (tertiary alicyclic amines) is 1. The van der Waals surface area contributed by atoms with E-state index in [9.17, 15) is 9.59 Å². The summed E-state index contributed by atoms with van der Waals surface area (Å²) in [6.07, 6.45) is 6.29. The summed E-state index contributed by atoms with van der Waals surface area (Å²) >= 11 is 0. The second-order valence-electron chi connectivity index (χ2n) is 6.28. The van der Waals surface area contributed by atoms with Gasteiger partial charge in [0.2, 0.25) is 11.8 Å². The van der Waals surface area contributed by atoms with Crippen molar-refractivity contribution < 1.29 is 9.59 Å². The van der Waals surface area contributed by atoms with Gasteiger partial charge in [-0.15, -0.1) is 0 Å². The van der Waals surface area contributed by atoms with Crippen molar-refractivity contribution in [3.05, 3.63) is 0 Å². The van der Waals surface area contributed by atoms with Gasteiger partial charge in [-0.05, 0) is 38.1 Å². The number of hydrogen-bond donors (Lipinski definition) is 2. The lowest BCUT2D eigenvalue weighted by Gasteiger charge is -2.31. The predicted molar refractivity (Wildman–Crippen MR) is 77.9 cm³/mol. The zero-order valence-electron chi connectivity index (χ0n) is 12.4. The van der Waals surface area contributed by atoms with Crippen LogP contribution in [-0.2, 0) is 9.59 Å². The summed E-state index contributed by atoms with van der Waals surface area (Å²) in [7, 11) is 0. The van der Waals surface area contributed by atoms with Gasteiger partial charge >= 0.3 is 0 Å². The van der Waals surface area contributed by atoms with Crippen molar-refractivity contribution in [3.63, 3.8) is 0 Å². The highest BCUT2D eigenvalue weighted by Gasteiger charge is 2.33. The van der Waals surface area contributed by atoms with Crippen molar-refractivity contribution in [2.75, 3.05) is 19.6 Å². The molecule has 3 unspecified atom stereocenters. The van der Waals surface area contributed by atoms with E-state index in [0.717, 1.165) is 45.2 Å². The van der Waals surface area contributed by atoms with Crippen LogP contribution in [0.15, 0.2) is 0 Å². The molecule has 0 aromatic heterocycles. The fourth-order valence-electron chi connectivity index (χ4n) is 3.64. The molecule has 1 heterocycles. The molecule has 0 aromatic rings. The Kier molecular flexibility index (Phi) is 5.40. The van der Waals surface area contributed by atoms with E-state index < -0.39 is 0 Å². The van der Waals surface area contributed by atoms with Crippen LogP contribution < -0.4 is 11.1 Å². The fourth-order valence-corrected chi connectivity index (χ4v) is 3.64. The number of carbonyl (C=O) groups excluding carboxylic acids is 2. The minimum atomic E-state index is -0.00928. The average Bonchev–Trinajstić information content (AvgIpc) is 2.86. The minimum absolute atomic E-state index is 0.00928. The van der Waals surface area contributed by atoms with Gasteiger partial charge in [-0.25, -0.2) is 0 Å². The predicted octanol–water partition coefficient (Wildman–Crippen LogP) is 0.879. The molecule has 0 radical (unpaired) electrons. The maximum absolute atomic E-state index is 12.6. The van der Waals surface area contributed by atoms with E-state index >= 15 is 0 Å². The van der Waals surface area contributed by atoms with E-state index in [1.807, 2.05) is 4.90 Å². The largest absolute Gasteiger partial charge is 0.352 e. The Labute approximate surface area is 121 Å². The van der Waals surface area contributed by atoms with Crippen LogP contribution >= 0.6 is 0 Å². The molecule has 0 aromatic carbocycles. The van der Waals surface area contributed by atoms with Crippen molar-refractivity contribution in [2.24, 2.45) is 17.6 Å². The molecule has 2 fully saturated rings. The number of nitrogens with one attached hydrogen (secondary N) is 1. The van der Waals surface area contributed by atoms with E-state index in [4.69, 9.17) is 5.73 Å². The van der Waals surface area contributed by atoms with Gasteiger partial charge in [0.05, 0.1) is 0 Å². The van der Waals surface area contributed by atoms with Gasteiger partial charge in [0.1, 0.15) is 0 Å². The number of hydrogen-bond acceptors (Lipinski definition) is 3. The molecule has 0 spiro atoms. The first-order valence-corrected chi connectivity index (χ1v) is 7.86. The molecular formula is C15H27N3O2. The molecule has 20 heavy (non-hydrogen) atoms. The molecule has 1 aliphatic carbocycles. The SMILES string of the molecule is CC(=O)NC1CCN(C(=O)C2CCCC(CCN)C2)C1. The van der Waals surface area contributed by atoms with Gasteiger partial charge in [0.15, 0.2) is 0 Å². The van der Waals surface area contributed by atoms with E-state index in [0.29, 0.717) is 18.4 Å². The van der Waals surface area contributed by atoms with Gasteiger partial charge in [-0.3, -0.25) is 9.59 Å². The van der Waals surface area contributed by atoms with Gasteiger partial charge in [-0.2, -0.15) is 0 Å². The Morgan fingerprint density at radius 2 is 2.10 bits per heavy atom. The van der Waals surface area contributed by atoms with Crippen molar-refractivity contribution in [2.45, 2.75) is 51.5 Å². The maximum atomic E-state index is 12.6. The third-order valence-electron chi connectivity index (χ3n) is 4.61. The summed E-state index contributed by atoms with van der Waals surface area (Å²) in [5.41, 5.74) is 5.63. The van der Waals surface area contributed by atoms with Crippen LogP contribution in [0, 0.1) is 11.8 Å². The molecule has 114 valence electrons. The van der Waals surface area contributed by atoms with E-state index in [-0.39, 0.29) is 17.9 Å². The minimum Gasteiger partial charge on any atom is -0.352 e. The smallest absolute Gasteiger partial charge is 0.225 e. The fraction of sp³-hybridized carbons (Fsp3) is 0.867. The number of amides is 2. The van der Waals surface area contributed by atoms with E-state index in [1.54, 1.807) is 0 Å². The zero-order valence-corrected chi connectivity index (χ0v) is 12.4. The summed E-state index contributed by atoms with van der Waals surface area (Å²) in [6, 6.07) is 0.139. The van der Waals surface area contributed by atoms with Crippen LogP contribution in [0.2, 0.25) is 0 Å². The topological polar surface area (TPSA) is 75.4 Å². The van der Waals surface area contributed by atoms with Crippen LogP contribution in [0.3, 0.4) is 0 Å². The highest BCUT2D eigenvalue weighted by molar-refractivity contribution is 5.79. The summed E-state index contributed by atoms with van der Waals surface area (Å²) < 4.78 is 0. The second kappa shape index (κ2) is 7.07. The van der Waals surface area contributed by atoms with Crippen LogP contribution in [-0.4, -0.2) is 42.4 Å². The van der Waals surface area contributed by atoms with Crippen LogP contribution in [0.5, 0.6) is 0 Å². The van der Waals surface area contributed by atoms with Crippen LogP contribution in [0.1, 0.15) is 45.4 Å². The Morgan fingerprint density at radius 3 is 2.80 bits per heavy atom. The zero-order chi connectivity index (χ0) is 14.5. The molecule has 1 saturated heterocycles. The Balaban J connectivity index is 1.83. The van der Waals surface area contributed by atoms with Gasteiger partial charge in [0.25, 0.3) is 0 Å². The number of carbonyl (C=O) groups is 2. The number of rotatable bonds is 4. The monoisotopic (exact) mass is 281 g/mol. The molecule has 2 amide bonds. The summed E-state index contributed by atoms with van der Waals surface area (Å²) in [5, 5.41) is 2.91. The van der Waals surface area contributed by atoms with Crippen molar-refractivity contribution in [1.29, 1.82) is 0 Å². The lowest BCUT2D eigenvalue weighted by molar-refractivity contribution is -0.136. The highest BCUT2D eigenvalue weighted by atomic mass is 16.2.